The summed E-state index contributed by atoms with van der Waals surface area (Å²) >= 11 is 3.34. The molecule has 3 N–H and O–H groups in total. The van der Waals surface area contributed by atoms with Gasteiger partial charge in [0.1, 0.15) is 12.5 Å². The summed E-state index contributed by atoms with van der Waals surface area (Å²) in [5.41, 5.74) is -0.0656. The third kappa shape index (κ3) is 8.28. The largest absolute Gasteiger partial charge is 0.481 e. The van der Waals surface area contributed by atoms with Gasteiger partial charge in [-0.2, -0.15) is 0 Å². The van der Waals surface area contributed by atoms with Gasteiger partial charge in [0.15, 0.2) is 6.16 Å². The molecule has 0 aliphatic rings. The van der Waals surface area contributed by atoms with Crippen LogP contribution in [0.3, 0.4) is 0 Å². The van der Waals surface area contributed by atoms with E-state index in [1.807, 2.05) is 6.07 Å². The van der Waals surface area contributed by atoms with Gasteiger partial charge in [-0.15, -0.1) is 0 Å². The molecule has 3 aromatic rings. The summed E-state index contributed by atoms with van der Waals surface area (Å²) in [6.07, 6.45) is -1.32. The lowest BCUT2D eigenvalue weighted by Crippen LogP contribution is -2.48. The number of carbonyl (C=O) groups excluding carboxylic acids is 1. The molecule has 9 heteroatoms. The zero-order chi connectivity index (χ0) is 25.3. The number of halogens is 1. The van der Waals surface area contributed by atoms with Crippen molar-refractivity contribution in [3.05, 3.63) is 106 Å². The van der Waals surface area contributed by atoms with Crippen LogP contribution in [0.4, 0.5) is 4.79 Å². The molecule has 7 nitrogen and oxygen atoms in total. The van der Waals surface area contributed by atoms with E-state index in [2.05, 4.69) is 21.2 Å². The lowest BCUT2D eigenvalue weighted by molar-refractivity contribution is -0.140. The predicted octanol–water partition coefficient (Wildman–Crippen LogP) is 5.34. The molecule has 3 unspecified atom stereocenters. The summed E-state index contributed by atoms with van der Waals surface area (Å²) in [5, 5.41) is 23.4. The average molecular weight is 559 g/mol. The molecule has 0 saturated heterocycles. The molecule has 3 rings (SSSR count). The fraction of sp³-hybridized carbons (Fsp3) is 0.231. The lowest BCUT2D eigenvalue weighted by atomic mass is 10.0. The van der Waals surface area contributed by atoms with Gasteiger partial charge in [-0.25, -0.2) is 4.79 Å². The molecule has 0 aliphatic heterocycles. The number of aliphatic carboxylic acids is 1. The van der Waals surface area contributed by atoms with Crippen LogP contribution in [0.15, 0.2) is 89.4 Å². The standard InChI is InChI=1S/C26H25BrNO6P/c27-23-13-11-19(12-14-23)15-22(24(29)30)18-35(33)26(32,16-20-7-3-1-4-8-20)28-25(31)34-17-21-9-5-2-6-10-21/h1-14,22,32H,15-18H2,(H-,28,29,30,31)/p+1. The molecule has 1 amide bonds. The van der Waals surface area contributed by atoms with Crippen LogP contribution in [0.2, 0.25) is 0 Å². The van der Waals surface area contributed by atoms with Gasteiger partial charge in [0, 0.05) is 4.47 Å². The third-order valence-corrected chi connectivity index (χ3v) is 7.75. The Morgan fingerprint density at radius 3 is 2.06 bits per heavy atom. The van der Waals surface area contributed by atoms with Crippen molar-refractivity contribution in [3.8, 4) is 0 Å². The van der Waals surface area contributed by atoms with Gasteiger partial charge < -0.3 is 14.9 Å². The molecule has 0 bridgehead atoms. The summed E-state index contributed by atoms with van der Waals surface area (Å²) in [6, 6.07) is 24.9. The molecular formula is C26H26BrNO6P+. The molecule has 0 saturated carbocycles. The first-order valence-corrected chi connectivity index (χ1v) is 13.2. The van der Waals surface area contributed by atoms with E-state index in [-0.39, 0.29) is 25.6 Å². The van der Waals surface area contributed by atoms with E-state index in [1.54, 1.807) is 78.9 Å². The minimum absolute atomic E-state index is 0.0355. The molecule has 0 aromatic heterocycles. The van der Waals surface area contributed by atoms with Crippen molar-refractivity contribution < 1.29 is 29.1 Å². The Hall–Kier alpha value is -3.06. The number of benzene rings is 3. The number of carbonyl (C=O) groups is 2. The van der Waals surface area contributed by atoms with E-state index < -0.39 is 31.2 Å². The van der Waals surface area contributed by atoms with E-state index >= 15 is 0 Å². The zero-order valence-electron chi connectivity index (χ0n) is 18.8. The molecule has 0 aliphatic carbocycles. The van der Waals surface area contributed by atoms with Crippen molar-refractivity contribution >= 4 is 35.8 Å². The highest BCUT2D eigenvalue weighted by Crippen LogP contribution is 2.40. The van der Waals surface area contributed by atoms with E-state index in [0.717, 1.165) is 15.6 Å². The van der Waals surface area contributed by atoms with Crippen molar-refractivity contribution in [2.24, 2.45) is 5.92 Å². The summed E-state index contributed by atoms with van der Waals surface area (Å²) in [4.78, 5) is 24.5. The van der Waals surface area contributed by atoms with Gasteiger partial charge >= 0.3 is 25.3 Å². The van der Waals surface area contributed by atoms with Crippen molar-refractivity contribution in [2.45, 2.75) is 24.9 Å². The number of rotatable bonds is 11. The molecular weight excluding hydrogens is 533 g/mol. The van der Waals surface area contributed by atoms with E-state index in [4.69, 9.17) is 4.74 Å². The fourth-order valence-corrected chi connectivity index (χ4v) is 5.31. The molecule has 0 fully saturated rings. The van der Waals surface area contributed by atoms with Crippen LogP contribution in [0, 0.1) is 5.92 Å². The highest BCUT2D eigenvalue weighted by molar-refractivity contribution is 9.10. The van der Waals surface area contributed by atoms with Crippen LogP contribution in [0.25, 0.3) is 0 Å². The Morgan fingerprint density at radius 1 is 0.914 bits per heavy atom. The Morgan fingerprint density at radius 2 is 1.49 bits per heavy atom. The summed E-state index contributed by atoms with van der Waals surface area (Å²) in [7, 11) is -2.62. The maximum absolute atomic E-state index is 13.4. The maximum Gasteiger partial charge on any atom is 0.413 e. The van der Waals surface area contributed by atoms with Crippen LogP contribution >= 0.6 is 23.7 Å². The van der Waals surface area contributed by atoms with Gasteiger partial charge in [-0.1, -0.05) is 93.3 Å². The molecule has 0 radical (unpaired) electrons. The van der Waals surface area contributed by atoms with Crippen molar-refractivity contribution in [1.29, 1.82) is 0 Å². The highest BCUT2D eigenvalue weighted by atomic mass is 79.9. The second-order valence-electron chi connectivity index (χ2n) is 8.09. The minimum atomic E-state index is -2.62. The van der Waals surface area contributed by atoms with Gasteiger partial charge in [0.25, 0.3) is 0 Å². The molecule has 0 heterocycles. The monoisotopic (exact) mass is 558 g/mol. The molecule has 182 valence electrons. The van der Waals surface area contributed by atoms with Gasteiger partial charge in [-0.3, -0.25) is 10.1 Å². The Bertz CT molecular complexity index is 1140. The minimum Gasteiger partial charge on any atom is -0.481 e. The van der Waals surface area contributed by atoms with Gasteiger partial charge in [0.2, 0.25) is 0 Å². The molecule has 35 heavy (non-hydrogen) atoms. The quantitative estimate of drug-likeness (QED) is 0.216. The second kappa shape index (κ2) is 12.6. The van der Waals surface area contributed by atoms with Crippen LogP contribution in [-0.4, -0.2) is 33.9 Å². The van der Waals surface area contributed by atoms with Crippen LogP contribution in [-0.2, 0) is 33.5 Å². The van der Waals surface area contributed by atoms with Crippen molar-refractivity contribution in [3.63, 3.8) is 0 Å². The van der Waals surface area contributed by atoms with Gasteiger partial charge in [0.05, 0.1) is 6.42 Å². The lowest BCUT2D eigenvalue weighted by Gasteiger charge is -2.21. The van der Waals surface area contributed by atoms with Crippen LogP contribution < -0.4 is 5.32 Å². The number of hydrogen-bond acceptors (Lipinski definition) is 5. The van der Waals surface area contributed by atoms with Crippen molar-refractivity contribution in [2.75, 3.05) is 6.16 Å². The second-order valence-corrected chi connectivity index (χ2v) is 10.9. The summed E-state index contributed by atoms with van der Waals surface area (Å²) in [6.45, 7) is -0.0355. The molecule has 3 atom stereocenters. The highest BCUT2D eigenvalue weighted by Gasteiger charge is 2.51. The van der Waals surface area contributed by atoms with Crippen LogP contribution in [0.5, 0.6) is 0 Å². The Balaban J connectivity index is 1.75. The SMILES string of the molecule is O=C(NC(O)(Cc1ccccc1)[P+](=O)CC(Cc1ccc(Br)cc1)C(=O)O)OCc1ccccc1. The first kappa shape index (κ1) is 26.5. The Kier molecular flexibility index (Phi) is 9.55. The fourth-order valence-electron chi connectivity index (χ4n) is 3.48. The molecule has 3 aromatic carbocycles. The van der Waals surface area contributed by atoms with E-state index in [1.165, 1.54) is 0 Å². The van der Waals surface area contributed by atoms with Crippen molar-refractivity contribution in [1.82, 2.24) is 5.32 Å². The maximum atomic E-state index is 13.4. The first-order chi connectivity index (χ1) is 16.7. The average Bonchev–Trinajstić information content (AvgIpc) is 2.84. The molecule has 0 spiro atoms. The van der Waals surface area contributed by atoms with Gasteiger partial charge in [-0.05, 0) is 35.2 Å². The number of hydrogen-bond donors (Lipinski definition) is 3. The zero-order valence-corrected chi connectivity index (χ0v) is 21.3. The van der Waals surface area contributed by atoms with E-state index in [0.29, 0.717) is 5.56 Å². The van der Waals surface area contributed by atoms with E-state index in [9.17, 15) is 24.4 Å². The number of ether oxygens (including phenoxy) is 1. The topological polar surface area (TPSA) is 113 Å². The number of aliphatic hydroxyl groups is 1. The number of amides is 1. The summed E-state index contributed by atoms with van der Waals surface area (Å²) < 4.78 is 19.5. The normalized spacial score (nSPS) is 13.8. The number of alkyl carbamates (subject to hydrolysis) is 1. The number of carboxylic acids is 1. The predicted molar refractivity (Wildman–Crippen MR) is 136 cm³/mol. The van der Waals surface area contributed by atoms with Crippen LogP contribution in [0.1, 0.15) is 16.7 Å². The smallest absolute Gasteiger partial charge is 0.413 e. The number of nitrogens with one attached hydrogen (secondary N) is 1. The first-order valence-electron chi connectivity index (χ1n) is 10.9. The Labute approximate surface area is 213 Å². The number of carboxylic acid groups (broad SMARTS) is 1. The summed E-state index contributed by atoms with van der Waals surface area (Å²) in [5.74, 6) is -2.16. The third-order valence-electron chi connectivity index (χ3n) is 5.35.